The molecule has 0 radical (unpaired) electrons. The van der Waals surface area contributed by atoms with Crippen LogP contribution in [0.25, 0.3) is 10.9 Å². The molecule has 2 N–H and O–H groups in total. The van der Waals surface area contributed by atoms with E-state index >= 15 is 0 Å². The van der Waals surface area contributed by atoms with Crippen molar-refractivity contribution < 1.29 is 14.6 Å². The van der Waals surface area contributed by atoms with Crippen molar-refractivity contribution in [2.45, 2.75) is 6.61 Å². The normalized spacial score (nSPS) is 10.6. The Labute approximate surface area is 107 Å². The van der Waals surface area contributed by atoms with Crippen LogP contribution in [0.4, 0.5) is 0 Å². The molecule has 0 aliphatic heterocycles. The number of aliphatic hydroxyl groups is 1. The van der Waals surface area contributed by atoms with Crippen molar-refractivity contribution >= 4 is 28.5 Å². The SMILES string of the molecule is COC(=O)c1c(CO)c2c(Cl)cccc2[nH]c1=O. The first-order valence-corrected chi connectivity index (χ1v) is 5.50. The smallest absolute Gasteiger partial charge is 0.343 e. The third kappa shape index (κ3) is 1.87. The average Bonchev–Trinajstić information content (AvgIpc) is 2.36. The average molecular weight is 268 g/mol. The van der Waals surface area contributed by atoms with Gasteiger partial charge in [-0.15, -0.1) is 0 Å². The van der Waals surface area contributed by atoms with Gasteiger partial charge in [0.25, 0.3) is 5.56 Å². The Balaban J connectivity index is 2.96. The molecule has 0 saturated heterocycles. The molecule has 0 fully saturated rings. The number of carbonyl (C=O) groups is 1. The van der Waals surface area contributed by atoms with Gasteiger partial charge in [-0.05, 0) is 12.1 Å². The number of rotatable bonds is 2. The molecule has 1 aromatic heterocycles. The number of halogens is 1. The summed E-state index contributed by atoms with van der Waals surface area (Å²) >= 11 is 6.03. The summed E-state index contributed by atoms with van der Waals surface area (Å²) < 4.78 is 4.54. The van der Waals surface area contributed by atoms with Crippen LogP contribution < -0.4 is 5.56 Å². The Bertz CT molecular complexity index is 678. The Hall–Kier alpha value is -1.85. The van der Waals surface area contributed by atoms with Gasteiger partial charge in [-0.25, -0.2) is 4.79 Å². The number of ether oxygens (including phenoxy) is 1. The van der Waals surface area contributed by atoms with Crippen LogP contribution in [-0.2, 0) is 11.3 Å². The first-order chi connectivity index (χ1) is 8.60. The van der Waals surface area contributed by atoms with Gasteiger partial charge in [0, 0.05) is 10.9 Å². The number of methoxy groups -OCH3 is 1. The summed E-state index contributed by atoms with van der Waals surface area (Å²) in [6.07, 6.45) is 0. The van der Waals surface area contributed by atoms with Crippen LogP contribution in [0.2, 0.25) is 5.02 Å². The summed E-state index contributed by atoms with van der Waals surface area (Å²) in [5.74, 6) is -0.804. The standard InChI is InChI=1S/C12H10ClNO4/c1-18-12(17)10-6(5-15)9-7(13)3-2-4-8(9)14-11(10)16/h2-4,15H,5H2,1H3,(H,14,16). The number of H-pyrrole nitrogens is 1. The molecule has 18 heavy (non-hydrogen) atoms. The molecule has 0 atom stereocenters. The predicted molar refractivity (Wildman–Crippen MR) is 66.8 cm³/mol. The van der Waals surface area contributed by atoms with E-state index in [2.05, 4.69) is 9.72 Å². The number of hydrogen-bond donors (Lipinski definition) is 2. The number of esters is 1. The number of benzene rings is 1. The van der Waals surface area contributed by atoms with Crippen molar-refractivity contribution in [1.29, 1.82) is 0 Å². The van der Waals surface area contributed by atoms with Crippen molar-refractivity contribution in [2.75, 3.05) is 7.11 Å². The summed E-state index contributed by atoms with van der Waals surface area (Å²) in [6.45, 7) is -0.478. The maximum Gasteiger partial charge on any atom is 0.343 e. The molecule has 0 unspecified atom stereocenters. The Kier molecular flexibility index (Phi) is 3.36. The number of hydrogen-bond acceptors (Lipinski definition) is 4. The van der Waals surface area contributed by atoms with Crippen molar-refractivity contribution in [3.05, 3.63) is 44.7 Å². The summed E-state index contributed by atoms with van der Waals surface area (Å²) in [5, 5.41) is 10.2. The molecule has 94 valence electrons. The number of fused-ring (bicyclic) bond motifs is 1. The minimum atomic E-state index is -0.804. The Morgan fingerprint density at radius 2 is 2.22 bits per heavy atom. The first kappa shape index (κ1) is 12.6. The van der Waals surface area contributed by atoms with Crippen LogP contribution >= 0.6 is 11.6 Å². The fraction of sp³-hybridized carbons (Fsp3) is 0.167. The number of aliphatic hydroxyl groups excluding tert-OH is 1. The third-order valence-corrected chi connectivity index (χ3v) is 2.96. The third-order valence-electron chi connectivity index (χ3n) is 2.64. The minimum Gasteiger partial charge on any atom is -0.465 e. The van der Waals surface area contributed by atoms with Crippen molar-refractivity contribution in [2.24, 2.45) is 0 Å². The summed E-state index contributed by atoms with van der Waals surface area (Å²) in [4.78, 5) is 25.9. The second kappa shape index (κ2) is 4.80. The highest BCUT2D eigenvalue weighted by molar-refractivity contribution is 6.35. The second-order valence-corrected chi connectivity index (χ2v) is 4.03. The lowest BCUT2D eigenvalue weighted by atomic mass is 10.0. The molecule has 2 aromatic rings. The quantitative estimate of drug-likeness (QED) is 0.808. The summed E-state index contributed by atoms with van der Waals surface area (Å²) in [6, 6.07) is 4.92. The highest BCUT2D eigenvalue weighted by atomic mass is 35.5. The van der Waals surface area contributed by atoms with E-state index < -0.39 is 18.1 Å². The lowest BCUT2D eigenvalue weighted by Crippen LogP contribution is -2.22. The van der Waals surface area contributed by atoms with Gasteiger partial charge >= 0.3 is 5.97 Å². The maximum absolute atomic E-state index is 11.8. The van der Waals surface area contributed by atoms with E-state index in [4.69, 9.17) is 11.6 Å². The highest BCUT2D eigenvalue weighted by Crippen LogP contribution is 2.26. The van der Waals surface area contributed by atoms with Gasteiger partial charge in [0.15, 0.2) is 0 Å². The number of nitrogens with one attached hydrogen (secondary N) is 1. The van der Waals surface area contributed by atoms with Crippen LogP contribution in [0.1, 0.15) is 15.9 Å². The van der Waals surface area contributed by atoms with E-state index in [1.807, 2.05) is 0 Å². The van der Waals surface area contributed by atoms with Gasteiger partial charge < -0.3 is 14.8 Å². The highest BCUT2D eigenvalue weighted by Gasteiger charge is 2.20. The lowest BCUT2D eigenvalue weighted by Gasteiger charge is -2.09. The topological polar surface area (TPSA) is 79.4 Å². The number of aromatic nitrogens is 1. The van der Waals surface area contributed by atoms with Crippen molar-refractivity contribution in [3.63, 3.8) is 0 Å². The molecular formula is C12H10ClNO4. The van der Waals surface area contributed by atoms with Gasteiger partial charge in [-0.3, -0.25) is 4.79 Å². The molecular weight excluding hydrogens is 258 g/mol. The number of aromatic amines is 1. The molecule has 0 aliphatic rings. The molecule has 0 bridgehead atoms. The molecule has 5 nitrogen and oxygen atoms in total. The van der Waals surface area contributed by atoms with E-state index in [-0.39, 0.29) is 11.1 Å². The largest absolute Gasteiger partial charge is 0.465 e. The minimum absolute atomic E-state index is 0.172. The van der Waals surface area contributed by atoms with Gasteiger partial charge in [0.2, 0.25) is 0 Å². The molecule has 0 spiro atoms. The molecule has 1 heterocycles. The van der Waals surface area contributed by atoms with Gasteiger partial charge in [-0.2, -0.15) is 0 Å². The van der Waals surface area contributed by atoms with Crippen LogP contribution in [-0.4, -0.2) is 23.2 Å². The fourth-order valence-corrected chi connectivity index (χ4v) is 2.15. The van der Waals surface area contributed by atoms with Crippen molar-refractivity contribution in [3.8, 4) is 0 Å². The molecule has 2 rings (SSSR count). The Morgan fingerprint density at radius 3 is 2.83 bits per heavy atom. The molecule has 0 aliphatic carbocycles. The van der Waals surface area contributed by atoms with Crippen molar-refractivity contribution in [1.82, 2.24) is 4.98 Å². The van der Waals surface area contributed by atoms with Crippen LogP contribution in [0.5, 0.6) is 0 Å². The van der Waals surface area contributed by atoms with E-state index in [0.29, 0.717) is 15.9 Å². The van der Waals surface area contributed by atoms with E-state index in [1.165, 1.54) is 7.11 Å². The van der Waals surface area contributed by atoms with E-state index in [0.717, 1.165) is 0 Å². The lowest BCUT2D eigenvalue weighted by molar-refractivity contribution is 0.0595. The maximum atomic E-state index is 11.8. The zero-order valence-corrected chi connectivity index (χ0v) is 10.2. The Morgan fingerprint density at radius 1 is 1.50 bits per heavy atom. The number of pyridine rings is 1. The zero-order chi connectivity index (χ0) is 13.3. The monoisotopic (exact) mass is 267 g/mol. The first-order valence-electron chi connectivity index (χ1n) is 5.12. The van der Waals surface area contributed by atoms with E-state index in [1.54, 1.807) is 18.2 Å². The molecule has 0 saturated carbocycles. The van der Waals surface area contributed by atoms with Gasteiger partial charge in [0.1, 0.15) is 5.56 Å². The second-order valence-electron chi connectivity index (χ2n) is 3.62. The number of carbonyl (C=O) groups excluding carboxylic acids is 1. The molecule has 1 aromatic carbocycles. The van der Waals surface area contributed by atoms with Crippen LogP contribution in [0, 0.1) is 0 Å². The van der Waals surface area contributed by atoms with Gasteiger partial charge in [0.05, 0.1) is 24.3 Å². The van der Waals surface area contributed by atoms with Crippen LogP contribution in [0.15, 0.2) is 23.0 Å². The summed E-state index contributed by atoms with van der Waals surface area (Å²) in [7, 11) is 1.17. The fourth-order valence-electron chi connectivity index (χ4n) is 1.86. The predicted octanol–water partition coefficient (Wildman–Crippen LogP) is 1.46. The van der Waals surface area contributed by atoms with E-state index in [9.17, 15) is 14.7 Å². The van der Waals surface area contributed by atoms with Crippen LogP contribution in [0.3, 0.4) is 0 Å². The van der Waals surface area contributed by atoms with Gasteiger partial charge in [-0.1, -0.05) is 17.7 Å². The molecule has 0 amide bonds. The molecule has 6 heteroatoms. The zero-order valence-electron chi connectivity index (χ0n) is 9.49. The summed E-state index contributed by atoms with van der Waals surface area (Å²) in [5.41, 5.74) is -0.198.